The number of non-ortho nitro benzene ring substituents is 1. The number of aromatic nitrogens is 1. The fraction of sp³-hybridized carbons (Fsp3) is 0.250. The van der Waals surface area contributed by atoms with Crippen molar-refractivity contribution in [2.45, 2.75) is 30.9 Å². The minimum atomic E-state index is -1.82. The first-order valence-electron chi connectivity index (χ1n) is 12.2. The molecule has 230 valence electrons. The number of carboxylic acids is 2. The van der Waals surface area contributed by atoms with E-state index < -0.39 is 73.4 Å². The van der Waals surface area contributed by atoms with Crippen molar-refractivity contribution in [1.82, 2.24) is 15.2 Å². The molecule has 5 N–H and O–H groups in total. The lowest BCUT2D eigenvalue weighted by Crippen LogP contribution is -2.71. The number of carbonyl (C=O) groups is 4. The number of nitro groups is 2. The zero-order valence-corrected chi connectivity index (χ0v) is 24.2. The van der Waals surface area contributed by atoms with Crippen LogP contribution in [0.2, 0.25) is 0 Å². The summed E-state index contributed by atoms with van der Waals surface area (Å²) in [5, 5.41) is 48.4. The smallest absolute Gasteiger partial charge is 0.352 e. The first kappa shape index (κ1) is 31.6. The van der Waals surface area contributed by atoms with E-state index in [2.05, 4.69) is 15.5 Å². The molecule has 1 aromatic carbocycles. The minimum absolute atomic E-state index is 0.0131. The molecule has 1 saturated heterocycles. The highest BCUT2D eigenvalue weighted by Gasteiger charge is 2.54. The molecule has 2 unspecified atom stereocenters. The van der Waals surface area contributed by atoms with E-state index in [4.69, 9.17) is 10.6 Å². The van der Waals surface area contributed by atoms with Crippen LogP contribution in [-0.4, -0.2) is 82.2 Å². The number of nitrogen functional groups attached to an aromatic ring is 1. The maximum Gasteiger partial charge on any atom is 0.352 e. The van der Waals surface area contributed by atoms with Gasteiger partial charge in [-0.3, -0.25) is 34.7 Å². The average molecular weight is 648 g/mol. The number of nitrogens with one attached hydrogen (secondary N) is 1. The van der Waals surface area contributed by atoms with Gasteiger partial charge in [-0.25, -0.2) is 14.6 Å². The first-order valence-corrected chi connectivity index (χ1v) is 14.1. The Balaban J connectivity index is 1.58. The summed E-state index contributed by atoms with van der Waals surface area (Å²) in [6, 6.07) is 1.76. The van der Waals surface area contributed by atoms with Crippen molar-refractivity contribution in [3.05, 3.63) is 72.4 Å². The monoisotopic (exact) mass is 647 g/mol. The number of thioether (sulfide) groups is 1. The molecule has 0 bridgehead atoms. The third kappa shape index (κ3) is 6.20. The lowest BCUT2D eigenvalue weighted by molar-refractivity contribution is -0.394. The van der Waals surface area contributed by atoms with Crippen LogP contribution in [-0.2, 0) is 24.0 Å². The third-order valence-electron chi connectivity index (χ3n) is 6.23. The van der Waals surface area contributed by atoms with Crippen LogP contribution in [0, 0.1) is 20.2 Å². The van der Waals surface area contributed by atoms with E-state index in [0.717, 1.165) is 46.2 Å². The molecular weight excluding hydrogens is 626 g/mol. The van der Waals surface area contributed by atoms with E-state index in [1.165, 1.54) is 31.4 Å². The van der Waals surface area contributed by atoms with Gasteiger partial charge in [0.25, 0.3) is 23.2 Å². The molecule has 2 aliphatic heterocycles. The molecule has 20 heteroatoms. The Morgan fingerprint density at radius 1 is 1.23 bits per heavy atom. The normalized spacial score (nSPS) is 18.5. The summed E-state index contributed by atoms with van der Waals surface area (Å²) in [6.45, 7) is 2.39. The lowest BCUT2D eigenvalue weighted by atomic mass is 10.0. The highest BCUT2D eigenvalue weighted by molar-refractivity contribution is 8.00. The van der Waals surface area contributed by atoms with Gasteiger partial charge in [0.1, 0.15) is 22.8 Å². The third-order valence-corrected chi connectivity index (χ3v) is 8.21. The summed E-state index contributed by atoms with van der Waals surface area (Å²) in [5.74, 6) is -4.59. The molecule has 1 aromatic heterocycles. The number of amides is 2. The second-order valence-corrected chi connectivity index (χ2v) is 11.5. The fourth-order valence-electron chi connectivity index (χ4n) is 3.92. The van der Waals surface area contributed by atoms with Crippen molar-refractivity contribution < 1.29 is 44.1 Å². The zero-order valence-electron chi connectivity index (χ0n) is 22.5. The summed E-state index contributed by atoms with van der Waals surface area (Å²) in [4.78, 5) is 80.7. The van der Waals surface area contributed by atoms with Crippen molar-refractivity contribution in [2.24, 2.45) is 5.16 Å². The number of fused-ring (bicyclic) bond motifs is 1. The summed E-state index contributed by atoms with van der Waals surface area (Å²) >= 11 is 2.06. The number of anilines is 1. The van der Waals surface area contributed by atoms with Gasteiger partial charge in [0.15, 0.2) is 10.8 Å². The Bertz CT molecular complexity index is 1700. The second kappa shape index (κ2) is 12.1. The largest absolute Gasteiger partial charge is 0.478 e. The van der Waals surface area contributed by atoms with Crippen molar-refractivity contribution in [3.8, 4) is 0 Å². The Morgan fingerprint density at radius 3 is 2.50 bits per heavy atom. The molecule has 1 fully saturated rings. The number of carboxylic acid groups (broad SMARTS) is 2. The van der Waals surface area contributed by atoms with Gasteiger partial charge in [0, 0.05) is 17.2 Å². The predicted molar refractivity (Wildman–Crippen MR) is 154 cm³/mol. The summed E-state index contributed by atoms with van der Waals surface area (Å²) in [6.07, 6.45) is 2.48. The number of aliphatic carboxylic acids is 2. The number of allylic oxidation sites excluding steroid dienone is 1. The number of thiazole rings is 1. The van der Waals surface area contributed by atoms with E-state index in [1.807, 2.05) is 0 Å². The van der Waals surface area contributed by atoms with Crippen molar-refractivity contribution in [2.75, 3.05) is 11.5 Å². The zero-order chi connectivity index (χ0) is 32.5. The van der Waals surface area contributed by atoms with Gasteiger partial charge in [-0.2, -0.15) is 0 Å². The molecule has 2 aliphatic rings. The van der Waals surface area contributed by atoms with Gasteiger partial charge in [-0.15, -0.1) is 23.1 Å². The SMILES string of the molecule is CC(C)(ON=C(C(=O)NC1C(=O)N2C(C(=O)O)=C(C=Cc3ccc([N+](=O)[O-])cc3[N+](=O)[O-])CSC12)c1csc(N)n1)C(=O)O. The van der Waals surface area contributed by atoms with Gasteiger partial charge in [-0.1, -0.05) is 11.2 Å². The maximum atomic E-state index is 13.2. The predicted octanol–water partition coefficient (Wildman–Crippen LogP) is 1.58. The van der Waals surface area contributed by atoms with Gasteiger partial charge in [-0.05, 0) is 31.6 Å². The highest BCUT2D eigenvalue weighted by Crippen LogP contribution is 2.41. The van der Waals surface area contributed by atoms with Crippen molar-refractivity contribution in [1.29, 1.82) is 0 Å². The molecular formula is C24H21N7O11S2. The number of oxime groups is 1. The molecule has 0 spiro atoms. The molecule has 4 rings (SSSR count). The molecule has 2 amide bonds. The number of hydrogen-bond donors (Lipinski definition) is 4. The number of rotatable bonds is 11. The Labute approximate surface area is 254 Å². The fourth-order valence-corrected chi connectivity index (χ4v) is 5.78. The van der Waals surface area contributed by atoms with Crippen LogP contribution in [0.5, 0.6) is 0 Å². The van der Waals surface area contributed by atoms with Crippen LogP contribution < -0.4 is 11.1 Å². The second-order valence-electron chi connectivity index (χ2n) is 9.55. The number of carbonyl (C=O) groups excluding carboxylic acids is 2. The quantitative estimate of drug-likeness (QED) is 0.117. The minimum Gasteiger partial charge on any atom is -0.478 e. The number of nitrogens with zero attached hydrogens (tertiary/aromatic N) is 5. The van der Waals surface area contributed by atoms with Crippen LogP contribution >= 0.6 is 23.1 Å². The molecule has 2 atom stereocenters. The van der Waals surface area contributed by atoms with Crippen LogP contribution in [0.25, 0.3) is 6.08 Å². The Hall–Kier alpha value is -5.37. The molecule has 0 saturated carbocycles. The number of nitro benzene ring substituents is 2. The summed E-state index contributed by atoms with van der Waals surface area (Å²) < 4.78 is 0. The molecule has 2 aromatic rings. The van der Waals surface area contributed by atoms with Crippen LogP contribution in [0.3, 0.4) is 0 Å². The van der Waals surface area contributed by atoms with Gasteiger partial charge in [0.2, 0.25) is 5.60 Å². The molecule has 44 heavy (non-hydrogen) atoms. The number of benzene rings is 1. The standard InChI is InChI=1S/C24H21N7O11S2/c1-24(2,22(36)37)42-28-15(13-9-44-23(25)26-13)18(32)27-16-19(33)29-17(21(34)35)11(8-43-20(16)29)4-3-10-5-6-12(30(38)39)7-14(10)31(40)41/h3-7,9,16,20H,8H2,1-2H3,(H2,25,26)(H,27,32)(H,34,35)(H,36,37). The average Bonchev–Trinajstić information content (AvgIpc) is 3.39. The van der Waals surface area contributed by atoms with Gasteiger partial charge in [0.05, 0.1) is 21.5 Å². The molecule has 0 aliphatic carbocycles. The molecule has 18 nitrogen and oxygen atoms in total. The van der Waals surface area contributed by atoms with Crippen molar-refractivity contribution in [3.63, 3.8) is 0 Å². The first-order chi connectivity index (χ1) is 20.6. The topological polar surface area (TPSA) is 271 Å². The van der Waals surface area contributed by atoms with Gasteiger partial charge < -0.3 is 26.1 Å². The lowest BCUT2D eigenvalue weighted by Gasteiger charge is -2.49. The molecule has 3 heterocycles. The van der Waals surface area contributed by atoms with E-state index in [-0.39, 0.29) is 27.7 Å². The van der Waals surface area contributed by atoms with Crippen LogP contribution in [0.15, 0.2) is 46.1 Å². The van der Waals surface area contributed by atoms with Crippen molar-refractivity contribution >= 4 is 75.1 Å². The van der Waals surface area contributed by atoms with E-state index >= 15 is 0 Å². The van der Waals surface area contributed by atoms with Gasteiger partial charge >= 0.3 is 11.9 Å². The van der Waals surface area contributed by atoms with E-state index in [0.29, 0.717) is 0 Å². The maximum absolute atomic E-state index is 13.2. The van der Waals surface area contributed by atoms with E-state index in [1.54, 1.807) is 0 Å². The molecule has 0 radical (unpaired) electrons. The number of hydrogen-bond acceptors (Lipinski definition) is 14. The summed E-state index contributed by atoms with van der Waals surface area (Å²) in [7, 11) is 0. The summed E-state index contributed by atoms with van der Waals surface area (Å²) in [5.41, 5.74) is 1.89. The number of nitrogens with two attached hydrogens (primary N) is 1. The van der Waals surface area contributed by atoms with Crippen LogP contribution in [0.4, 0.5) is 16.5 Å². The Morgan fingerprint density at radius 2 is 1.93 bits per heavy atom. The van der Waals surface area contributed by atoms with Crippen LogP contribution in [0.1, 0.15) is 25.1 Å². The highest BCUT2D eigenvalue weighted by atomic mass is 32.2. The van der Waals surface area contributed by atoms with E-state index in [9.17, 15) is 49.6 Å². The number of β-lactam (4-membered cyclic amide) rings is 1. The Kier molecular flexibility index (Phi) is 8.67.